The molecule has 1 rings (SSSR count). The molecule has 88 valence electrons. The Morgan fingerprint density at radius 3 is 2.44 bits per heavy atom. The average molecular weight is 220 g/mol. The number of nitrogens with two attached hydrogens (primary N) is 1. The van der Waals surface area contributed by atoms with Crippen molar-refractivity contribution in [3.05, 3.63) is 34.9 Å². The Hall–Kier alpha value is -1.35. The van der Waals surface area contributed by atoms with Crippen molar-refractivity contribution in [1.29, 1.82) is 0 Å². The van der Waals surface area contributed by atoms with Crippen molar-refractivity contribution in [3.8, 4) is 0 Å². The number of benzene rings is 1. The molecule has 16 heavy (non-hydrogen) atoms. The number of nitrogens with one attached hydrogen (secondary N) is 1. The molecule has 1 aromatic carbocycles. The first kappa shape index (κ1) is 12.7. The van der Waals surface area contributed by atoms with E-state index in [-0.39, 0.29) is 11.4 Å². The molecule has 1 aromatic rings. The van der Waals surface area contributed by atoms with Gasteiger partial charge in [-0.2, -0.15) is 0 Å². The Morgan fingerprint density at radius 1 is 1.38 bits per heavy atom. The lowest BCUT2D eigenvalue weighted by molar-refractivity contribution is -0.119. The van der Waals surface area contributed by atoms with Crippen molar-refractivity contribution < 1.29 is 4.79 Å². The average Bonchev–Trinajstić information content (AvgIpc) is 2.21. The Bertz CT molecular complexity index is 401. The lowest BCUT2D eigenvalue weighted by atomic mass is 9.87. The van der Waals surface area contributed by atoms with Gasteiger partial charge in [-0.25, -0.2) is 0 Å². The number of hydrogen-bond donors (Lipinski definition) is 2. The predicted molar refractivity (Wildman–Crippen MR) is 66.1 cm³/mol. The monoisotopic (exact) mass is 220 g/mol. The molecule has 1 unspecified atom stereocenters. The van der Waals surface area contributed by atoms with E-state index in [4.69, 9.17) is 5.73 Å². The highest BCUT2D eigenvalue weighted by atomic mass is 16.1. The highest BCUT2D eigenvalue weighted by Crippen LogP contribution is 2.25. The van der Waals surface area contributed by atoms with Crippen molar-refractivity contribution in [2.45, 2.75) is 32.7 Å². The molecule has 0 heterocycles. The van der Waals surface area contributed by atoms with Gasteiger partial charge in [0.25, 0.3) is 0 Å². The number of carbonyl (C=O) groups is 1. The second-order valence-corrected chi connectivity index (χ2v) is 4.52. The van der Waals surface area contributed by atoms with Crippen LogP contribution in [0.1, 0.15) is 30.0 Å². The first-order valence-electron chi connectivity index (χ1n) is 5.44. The van der Waals surface area contributed by atoms with Gasteiger partial charge in [-0.15, -0.1) is 0 Å². The quantitative estimate of drug-likeness (QED) is 0.810. The second kappa shape index (κ2) is 4.66. The molecule has 3 N–H and O–H groups in total. The summed E-state index contributed by atoms with van der Waals surface area (Å²) in [6.45, 7) is 6.13. The molecule has 0 radical (unpaired) electrons. The maximum Gasteiger partial charge on any atom is 0.219 e. The number of primary amides is 1. The van der Waals surface area contributed by atoms with Crippen molar-refractivity contribution in [3.63, 3.8) is 0 Å². The van der Waals surface area contributed by atoms with Gasteiger partial charge in [-0.1, -0.05) is 18.2 Å². The molecule has 0 aliphatic heterocycles. The molecule has 0 fully saturated rings. The first-order chi connectivity index (χ1) is 7.39. The van der Waals surface area contributed by atoms with Crippen LogP contribution in [-0.4, -0.2) is 13.0 Å². The minimum absolute atomic E-state index is 0.296. The number of hydrogen-bond acceptors (Lipinski definition) is 2. The zero-order valence-corrected chi connectivity index (χ0v) is 10.4. The van der Waals surface area contributed by atoms with E-state index >= 15 is 0 Å². The molecule has 3 heteroatoms. The van der Waals surface area contributed by atoms with E-state index < -0.39 is 0 Å². The zero-order valence-electron chi connectivity index (χ0n) is 10.4. The smallest absolute Gasteiger partial charge is 0.219 e. The zero-order chi connectivity index (χ0) is 12.3. The summed E-state index contributed by atoms with van der Waals surface area (Å²) < 4.78 is 0. The minimum atomic E-state index is -0.385. The highest BCUT2D eigenvalue weighted by molar-refractivity contribution is 5.75. The Balaban J connectivity index is 3.12. The summed E-state index contributed by atoms with van der Waals surface area (Å²) in [5, 5.41) is 3.17. The van der Waals surface area contributed by atoms with Gasteiger partial charge in [0.2, 0.25) is 5.91 Å². The Labute approximate surface area is 97.0 Å². The summed E-state index contributed by atoms with van der Waals surface area (Å²) in [7, 11) is 1.85. The largest absolute Gasteiger partial charge is 0.370 e. The molecule has 1 atom stereocenters. The van der Waals surface area contributed by atoms with Crippen molar-refractivity contribution in [2.75, 3.05) is 7.05 Å². The molecule has 0 spiro atoms. The number of carbonyl (C=O) groups excluding carboxylic acids is 1. The highest BCUT2D eigenvalue weighted by Gasteiger charge is 2.26. The number of amides is 1. The van der Waals surface area contributed by atoms with Crippen LogP contribution in [0.4, 0.5) is 0 Å². The molecule has 1 amide bonds. The summed E-state index contributed by atoms with van der Waals surface area (Å²) in [4.78, 5) is 11.1. The number of rotatable bonds is 4. The molecular weight excluding hydrogens is 200 g/mol. The summed E-state index contributed by atoms with van der Waals surface area (Å²) in [5.74, 6) is -0.296. The van der Waals surface area contributed by atoms with Crippen molar-refractivity contribution in [1.82, 2.24) is 5.32 Å². The van der Waals surface area contributed by atoms with Gasteiger partial charge in [-0.05, 0) is 44.5 Å². The predicted octanol–water partition coefficient (Wildman–Crippen LogP) is 1.61. The van der Waals surface area contributed by atoms with Gasteiger partial charge in [0.1, 0.15) is 0 Å². The summed E-state index contributed by atoms with van der Waals surface area (Å²) >= 11 is 0. The van der Waals surface area contributed by atoms with E-state index in [9.17, 15) is 4.79 Å². The van der Waals surface area contributed by atoms with E-state index in [1.807, 2.05) is 20.0 Å². The maximum atomic E-state index is 11.1. The van der Waals surface area contributed by atoms with Crippen LogP contribution in [0.15, 0.2) is 18.2 Å². The Kier molecular flexibility index (Phi) is 3.70. The van der Waals surface area contributed by atoms with E-state index in [2.05, 4.69) is 31.3 Å². The fourth-order valence-electron chi connectivity index (χ4n) is 1.77. The van der Waals surface area contributed by atoms with Gasteiger partial charge in [0.15, 0.2) is 0 Å². The molecular formula is C13H20N2O. The fraction of sp³-hybridized carbons (Fsp3) is 0.462. The van der Waals surface area contributed by atoms with E-state index in [0.717, 1.165) is 5.56 Å². The van der Waals surface area contributed by atoms with E-state index in [1.165, 1.54) is 11.1 Å². The standard InChI is InChI=1S/C13H20N2O/c1-9-5-6-11(7-10(9)2)13(3,15-4)8-12(14)16/h5-7,15H,8H2,1-4H3,(H2,14,16). The van der Waals surface area contributed by atoms with Crippen LogP contribution in [-0.2, 0) is 10.3 Å². The summed E-state index contributed by atoms with van der Waals surface area (Å²) in [6.07, 6.45) is 0.298. The Morgan fingerprint density at radius 2 is 2.00 bits per heavy atom. The lowest BCUT2D eigenvalue weighted by Crippen LogP contribution is -2.40. The van der Waals surface area contributed by atoms with Crippen molar-refractivity contribution in [2.24, 2.45) is 5.73 Å². The summed E-state index contributed by atoms with van der Waals surface area (Å²) in [5.41, 5.74) is 8.47. The van der Waals surface area contributed by atoms with Gasteiger partial charge in [0.05, 0.1) is 0 Å². The van der Waals surface area contributed by atoms with Gasteiger partial charge < -0.3 is 11.1 Å². The third-order valence-corrected chi connectivity index (χ3v) is 3.22. The van der Waals surface area contributed by atoms with Gasteiger partial charge in [0, 0.05) is 12.0 Å². The third-order valence-electron chi connectivity index (χ3n) is 3.22. The van der Waals surface area contributed by atoms with Crippen LogP contribution < -0.4 is 11.1 Å². The van der Waals surface area contributed by atoms with Gasteiger partial charge in [-0.3, -0.25) is 4.79 Å². The lowest BCUT2D eigenvalue weighted by Gasteiger charge is -2.29. The van der Waals surface area contributed by atoms with E-state index in [1.54, 1.807) is 0 Å². The van der Waals surface area contributed by atoms with Gasteiger partial charge >= 0.3 is 0 Å². The van der Waals surface area contributed by atoms with Crippen LogP contribution in [0.5, 0.6) is 0 Å². The molecule has 0 bridgehead atoms. The maximum absolute atomic E-state index is 11.1. The van der Waals surface area contributed by atoms with Crippen molar-refractivity contribution >= 4 is 5.91 Å². The fourth-order valence-corrected chi connectivity index (χ4v) is 1.77. The van der Waals surface area contributed by atoms with Crippen LogP contribution in [0.25, 0.3) is 0 Å². The summed E-state index contributed by atoms with van der Waals surface area (Å²) in [6, 6.07) is 6.22. The van der Waals surface area contributed by atoms with Crippen LogP contribution in [0, 0.1) is 13.8 Å². The van der Waals surface area contributed by atoms with Crippen LogP contribution >= 0.6 is 0 Å². The molecule has 0 saturated heterocycles. The topological polar surface area (TPSA) is 55.1 Å². The first-order valence-corrected chi connectivity index (χ1v) is 5.44. The minimum Gasteiger partial charge on any atom is -0.370 e. The second-order valence-electron chi connectivity index (χ2n) is 4.52. The third kappa shape index (κ3) is 2.61. The van der Waals surface area contributed by atoms with Crippen LogP contribution in [0.3, 0.4) is 0 Å². The van der Waals surface area contributed by atoms with Crippen LogP contribution in [0.2, 0.25) is 0 Å². The molecule has 0 aliphatic rings. The number of aryl methyl sites for hydroxylation is 2. The van der Waals surface area contributed by atoms with E-state index in [0.29, 0.717) is 6.42 Å². The molecule has 0 aromatic heterocycles. The molecule has 0 saturated carbocycles. The normalized spacial score (nSPS) is 14.5. The molecule has 0 aliphatic carbocycles. The SMILES string of the molecule is CNC(C)(CC(N)=O)c1ccc(C)c(C)c1. The molecule has 3 nitrogen and oxygen atoms in total.